The summed E-state index contributed by atoms with van der Waals surface area (Å²) in [5, 5.41) is 2.60. The van der Waals surface area contributed by atoms with E-state index in [1.54, 1.807) is 6.08 Å². The molecule has 1 aromatic heterocycles. The van der Waals surface area contributed by atoms with Gasteiger partial charge in [-0.15, -0.1) is 0 Å². The minimum atomic E-state index is -4.57. The first-order chi connectivity index (χ1) is 18.6. The number of nitrogens with zero attached hydrogens (tertiary/aromatic N) is 2. The average molecular weight is 550 g/mol. The molecule has 1 aliphatic rings. The molecule has 3 amide bonds. The molecule has 0 unspecified atom stereocenters. The lowest BCUT2D eigenvalue weighted by molar-refractivity contribution is -0.137. The molecule has 198 valence electrons. The third-order valence-corrected chi connectivity index (χ3v) is 7.10. The summed E-state index contributed by atoms with van der Waals surface area (Å²) < 4.78 is 41.0. The van der Waals surface area contributed by atoms with Gasteiger partial charge < -0.3 is 9.88 Å². The monoisotopic (exact) mass is 549 g/mol. The van der Waals surface area contributed by atoms with Crippen LogP contribution in [0.25, 0.3) is 17.0 Å². The van der Waals surface area contributed by atoms with Crippen LogP contribution in [0, 0.1) is 6.92 Å². The van der Waals surface area contributed by atoms with E-state index in [1.807, 2.05) is 55.6 Å². The number of fused-ring (bicyclic) bond motifs is 1. The van der Waals surface area contributed by atoms with Crippen molar-refractivity contribution >= 4 is 51.5 Å². The molecule has 10 heteroatoms. The number of halogens is 3. The van der Waals surface area contributed by atoms with Crippen LogP contribution in [0.2, 0.25) is 0 Å². The molecule has 1 aliphatic heterocycles. The van der Waals surface area contributed by atoms with E-state index in [2.05, 4.69) is 16.0 Å². The fraction of sp³-hybridized carbons (Fsp3) is 0.138. The van der Waals surface area contributed by atoms with E-state index in [0.717, 1.165) is 50.7 Å². The van der Waals surface area contributed by atoms with Crippen molar-refractivity contribution in [2.45, 2.75) is 19.6 Å². The van der Waals surface area contributed by atoms with Crippen molar-refractivity contribution in [1.82, 2.24) is 9.47 Å². The van der Waals surface area contributed by atoms with Gasteiger partial charge in [0, 0.05) is 34.9 Å². The van der Waals surface area contributed by atoms with Gasteiger partial charge in [0.2, 0.25) is 5.91 Å². The summed E-state index contributed by atoms with van der Waals surface area (Å²) in [5.41, 5.74) is 2.97. The Hall–Kier alpha value is -4.31. The Morgan fingerprint density at radius 3 is 2.54 bits per heavy atom. The Morgan fingerprint density at radius 1 is 1.00 bits per heavy atom. The van der Waals surface area contributed by atoms with Crippen LogP contribution < -0.4 is 5.32 Å². The number of amides is 3. The normalized spacial score (nSPS) is 15.0. The first-order valence-corrected chi connectivity index (χ1v) is 12.8. The highest BCUT2D eigenvalue weighted by Crippen LogP contribution is 2.35. The molecule has 0 radical (unpaired) electrons. The molecule has 0 atom stereocenters. The standard InChI is InChI=1S/C29H22F3N3O3S/c1-18-6-4-7-19(12-18)15-34-16-20(23-10-2-3-11-24(23)34)13-25-27(37)35(28(38)39-25)17-26(36)33-22-9-5-8-21(14-22)29(30,31)32/h2-14,16H,15,17H2,1H3,(H,33,36). The summed E-state index contributed by atoms with van der Waals surface area (Å²) in [6, 6.07) is 20.0. The summed E-state index contributed by atoms with van der Waals surface area (Å²) in [4.78, 5) is 39.1. The summed E-state index contributed by atoms with van der Waals surface area (Å²) in [6.07, 6.45) is -1.02. The maximum atomic E-state index is 13.0. The van der Waals surface area contributed by atoms with Crippen molar-refractivity contribution in [2.24, 2.45) is 0 Å². The molecule has 1 saturated heterocycles. The number of anilines is 1. The molecular formula is C29H22F3N3O3S. The van der Waals surface area contributed by atoms with Crippen LogP contribution in [0.3, 0.4) is 0 Å². The van der Waals surface area contributed by atoms with Crippen molar-refractivity contribution < 1.29 is 27.6 Å². The van der Waals surface area contributed by atoms with E-state index in [0.29, 0.717) is 18.3 Å². The van der Waals surface area contributed by atoms with Gasteiger partial charge in [-0.25, -0.2) is 0 Å². The van der Waals surface area contributed by atoms with Gasteiger partial charge in [-0.1, -0.05) is 54.1 Å². The number of hydrogen-bond donors (Lipinski definition) is 1. The van der Waals surface area contributed by atoms with Gasteiger partial charge >= 0.3 is 6.18 Å². The highest BCUT2D eigenvalue weighted by molar-refractivity contribution is 8.18. The maximum Gasteiger partial charge on any atom is 0.416 e. The average Bonchev–Trinajstić information content (AvgIpc) is 3.35. The molecule has 0 bridgehead atoms. The lowest BCUT2D eigenvalue weighted by atomic mass is 10.1. The largest absolute Gasteiger partial charge is 0.416 e. The van der Waals surface area contributed by atoms with Gasteiger partial charge in [0.15, 0.2) is 0 Å². The number of para-hydroxylation sites is 1. The van der Waals surface area contributed by atoms with Crippen LogP contribution in [-0.2, 0) is 22.3 Å². The first-order valence-electron chi connectivity index (χ1n) is 11.9. The highest BCUT2D eigenvalue weighted by atomic mass is 32.2. The number of alkyl halides is 3. The molecule has 39 heavy (non-hydrogen) atoms. The molecule has 3 aromatic carbocycles. The third-order valence-electron chi connectivity index (χ3n) is 6.19. The van der Waals surface area contributed by atoms with E-state index in [1.165, 1.54) is 6.07 Å². The van der Waals surface area contributed by atoms with Crippen LogP contribution in [0.4, 0.5) is 23.7 Å². The van der Waals surface area contributed by atoms with Crippen LogP contribution in [0.15, 0.2) is 83.9 Å². The van der Waals surface area contributed by atoms with Gasteiger partial charge in [-0.2, -0.15) is 13.2 Å². The van der Waals surface area contributed by atoms with E-state index in [4.69, 9.17) is 0 Å². The minimum absolute atomic E-state index is 0.0845. The Bertz CT molecular complexity index is 1640. The van der Waals surface area contributed by atoms with Gasteiger partial charge in [-0.3, -0.25) is 19.3 Å². The van der Waals surface area contributed by atoms with E-state index in [9.17, 15) is 27.6 Å². The molecular weight excluding hydrogens is 527 g/mol. The molecule has 0 saturated carbocycles. The van der Waals surface area contributed by atoms with E-state index >= 15 is 0 Å². The number of thioether (sulfide) groups is 1. The predicted octanol–water partition coefficient (Wildman–Crippen LogP) is 6.69. The summed E-state index contributed by atoms with van der Waals surface area (Å²) in [7, 11) is 0. The van der Waals surface area contributed by atoms with Gasteiger partial charge in [0.05, 0.1) is 10.5 Å². The zero-order chi connectivity index (χ0) is 27.7. The maximum absolute atomic E-state index is 13.0. The molecule has 1 fully saturated rings. The van der Waals surface area contributed by atoms with Gasteiger partial charge in [-0.05, 0) is 54.6 Å². The van der Waals surface area contributed by atoms with Crippen LogP contribution in [0.5, 0.6) is 0 Å². The zero-order valence-electron chi connectivity index (χ0n) is 20.7. The van der Waals surface area contributed by atoms with Gasteiger partial charge in [0.25, 0.3) is 11.1 Å². The fourth-order valence-corrected chi connectivity index (χ4v) is 5.25. The first kappa shape index (κ1) is 26.3. The van der Waals surface area contributed by atoms with Gasteiger partial charge in [0.1, 0.15) is 6.54 Å². The number of rotatable bonds is 6. The Kier molecular flexibility index (Phi) is 7.05. The van der Waals surface area contributed by atoms with Crippen molar-refractivity contribution in [3.8, 4) is 0 Å². The molecule has 4 aromatic rings. The number of carbonyl (C=O) groups excluding carboxylic acids is 3. The van der Waals surface area contributed by atoms with Crippen LogP contribution in [-0.4, -0.2) is 33.1 Å². The van der Waals surface area contributed by atoms with Crippen molar-refractivity contribution in [2.75, 3.05) is 11.9 Å². The lowest BCUT2D eigenvalue weighted by Gasteiger charge is -2.13. The molecule has 1 N–H and O–H groups in total. The lowest BCUT2D eigenvalue weighted by Crippen LogP contribution is -2.36. The Labute approximate surface area is 226 Å². The molecule has 2 heterocycles. The Morgan fingerprint density at radius 2 is 1.77 bits per heavy atom. The zero-order valence-corrected chi connectivity index (χ0v) is 21.5. The topological polar surface area (TPSA) is 71.4 Å². The molecule has 0 aliphatic carbocycles. The second-order valence-electron chi connectivity index (χ2n) is 9.11. The summed E-state index contributed by atoms with van der Waals surface area (Å²) in [5.74, 6) is -1.42. The second-order valence-corrected chi connectivity index (χ2v) is 10.1. The number of aromatic nitrogens is 1. The van der Waals surface area contributed by atoms with Crippen molar-refractivity contribution in [3.05, 3.63) is 106 Å². The summed E-state index contributed by atoms with van der Waals surface area (Å²) in [6.45, 7) is 2.03. The molecule has 5 rings (SSSR count). The van der Waals surface area contributed by atoms with Crippen molar-refractivity contribution in [3.63, 3.8) is 0 Å². The highest BCUT2D eigenvalue weighted by Gasteiger charge is 2.36. The number of hydrogen-bond acceptors (Lipinski definition) is 4. The van der Waals surface area contributed by atoms with E-state index < -0.39 is 35.3 Å². The van der Waals surface area contributed by atoms with Crippen molar-refractivity contribution in [1.29, 1.82) is 0 Å². The third kappa shape index (κ3) is 5.75. The smallest absolute Gasteiger partial charge is 0.342 e. The minimum Gasteiger partial charge on any atom is -0.342 e. The molecule has 0 spiro atoms. The quantitative estimate of drug-likeness (QED) is 0.272. The number of nitrogens with one attached hydrogen (secondary N) is 1. The number of carbonyl (C=O) groups is 3. The fourth-order valence-electron chi connectivity index (χ4n) is 4.42. The van der Waals surface area contributed by atoms with Crippen LogP contribution in [0.1, 0.15) is 22.3 Å². The summed E-state index contributed by atoms with van der Waals surface area (Å²) >= 11 is 0.715. The molecule has 6 nitrogen and oxygen atoms in total. The predicted molar refractivity (Wildman–Crippen MR) is 145 cm³/mol. The second kappa shape index (κ2) is 10.5. The number of imide groups is 1. The number of aryl methyl sites for hydroxylation is 1. The van der Waals surface area contributed by atoms with Crippen LogP contribution >= 0.6 is 11.8 Å². The number of benzene rings is 3. The SMILES string of the molecule is Cc1cccc(Cn2cc(C=C3SC(=O)N(CC(=O)Nc4cccc(C(F)(F)F)c4)C3=O)c3ccccc32)c1. The Balaban J connectivity index is 1.35. The van der Waals surface area contributed by atoms with E-state index in [-0.39, 0.29) is 10.6 Å².